The Labute approximate surface area is 139 Å². The van der Waals surface area contributed by atoms with Crippen molar-refractivity contribution < 1.29 is 9.90 Å². The van der Waals surface area contributed by atoms with Crippen LogP contribution in [0.1, 0.15) is 5.56 Å². The van der Waals surface area contributed by atoms with Gasteiger partial charge >= 0.3 is 5.97 Å². The van der Waals surface area contributed by atoms with Gasteiger partial charge < -0.3 is 20.7 Å². The molecule has 0 radical (unpaired) electrons. The van der Waals surface area contributed by atoms with Crippen LogP contribution in [0.5, 0.6) is 0 Å². The average molecular weight is 344 g/mol. The van der Waals surface area contributed by atoms with Crippen molar-refractivity contribution in [2.75, 3.05) is 29.7 Å². The number of aliphatic carboxylic acids is 1. The van der Waals surface area contributed by atoms with E-state index in [9.17, 15) is 4.79 Å². The molecule has 0 aliphatic heterocycles. The van der Waals surface area contributed by atoms with Gasteiger partial charge in [-0.05, 0) is 11.6 Å². The summed E-state index contributed by atoms with van der Waals surface area (Å²) in [5, 5.41) is 9.94. The number of nitrogens with one attached hydrogen (secondary N) is 1. The highest BCUT2D eigenvalue weighted by Crippen LogP contribution is 2.29. The molecule has 7 heteroatoms. The molecule has 4 N–H and O–H groups in total. The number of nitrogens with two attached hydrogens (primary N) is 1. The van der Waals surface area contributed by atoms with Crippen LogP contribution in [0.4, 0.5) is 5.69 Å². The third kappa shape index (κ3) is 3.66. The van der Waals surface area contributed by atoms with Gasteiger partial charge in [0, 0.05) is 42.9 Å². The molecule has 22 heavy (non-hydrogen) atoms. The Morgan fingerprint density at radius 2 is 2.00 bits per heavy atom. The molecule has 0 saturated heterocycles. The molecule has 0 spiro atoms. The average Bonchev–Trinajstić information content (AvgIpc) is 2.90. The van der Waals surface area contributed by atoms with E-state index in [2.05, 4.69) is 9.88 Å². The lowest BCUT2D eigenvalue weighted by atomic mass is 10.0. The predicted molar refractivity (Wildman–Crippen MR) is 91.3 cm³/mol. The van der Waals surface area contributed by atoms with Crippen LogP contribution in [0.3, 0.4) is 0 Å². The van der Waals surface area contributed by atoms with Crippen LogP contribution in [-0.2, 0) is 11.2 Å². The standard InChI is InChI=1S/C15H19Cl2N3O2/c16-4-6-20(7-5-17)13-3-1-2-11-10(9-19-14(11)13)8-12(18)15(21)22/h1-3,9,12,19H,4-8,18H2,(H,21,22). The third-order valence-corrected chi connectivity index (χ3v) is 3.92. The topological polar surface area (TPSA) is 82.4 Å². The molecule has 0 aliphatic carbocycles. The fourth-order valence-corrected chi connectivity index (χ4v) is 2.92. The molecule has 2 rings (SSSR count). The SMILES string of the molecule is NC(Cc1c[nH]c2c(N(CCCl)CCCl)cccc12)C(=O)O. The summed E-state index contributed by atoms with van der Waals surface area (Å²) in [6, 6.07) is 4.98. The Hall–Kier alpha value is -1.43. The zero-order valence-electron chi connectivity index (χ0n) is 12.1. The lowest BCUT2D eigenvalue weighted by Gasteiger charge is -2.23. The van der Waals surface area contributed by atoms with Crippen molar-refractivity contribution in [1.29, 1.82) is 0 Å². The Balaban J connectivity index is 2.38. The number of anilines is 1. The number of nitrogens with zero attached hydrogens (tertiary/aromatic N) is 1. The van der Waals surface area contributed by atoms with Crippen molar-refractivity contribution in [1.82, 2.24) is 4.98 Å². The van der Waals surface area contributed by atoms with Crippen LogP contribution in [-0.4, -0.2) is 47.0 Å². The molecule has 120 valence electrons. The highest BCUT2D eigenvalue weighted by molar-refractivity contribution is 6.18. The number of aromatic amines is 1. The molecule has 0 fully saturated rings. The Morgan fingerprint density at radius 3 is 2.59 bits per heavy atom. The summed E-state index contributed by atoms with van der Waals surface area (Å²) in [7, 11) is 0. The van der Waals surface area contributed by atoms with Gasteiger partial charge in [0.1, 0.15) is 6.04 Å². The summed E-state index contributed by atoms with van der Waals surface area (Å²) >= 11 is 11.7. The van der Waals surface area contributed by atoms with E-state index in [4.69, 9.17) is 34.0 Å². The number of carboxylic acid groups (broad SMARTS) is 1. The number of rotatable bonds is 8. The number of carboxylic acids is 1. The van der Waals surface area contributed by atoms with E-state index in [-0.39, 0.29) is 6.42 Å². The van der Waals surface area contributed by atoms with Crippen molar-refractivity contribution in [2.24, 2.45) is 5.73 Å². The molecule has 1 unspecified atom stereocenters. The van der Waals surface area contributed by atoms with Gasteiger partial charge in [0.15, 0.2) is 0 Å². The fourth-order valence-electron chi connectivity index (χ4n) is 2.51. The van der Waals surface area contributed by atoms with E-state index in [1.54, 1.807) is 0 Å². The number of H-pyrrole nitrogens is 1. The lowest BCUT2D eigenvalue weighted by molar-refractivity contribution is -0.138. The minimum Gasteiger partial charge on any atom is -0.480 e. The highest BCUT2D eigenvalue weighted by Gasteiger charge is 2.17. The maximum absolute atomic E-state index is 10.9. The number of aromatic nitrogens is 1. The maximum Gasteiger partial charge on any atom is 0.320 e. The number of benzene rings is 1. The molecule has 0 amide bonds. The van der Waals surface area contributed by atoms with Gasteiger partial charge in [-0.25, -0.2) is 0 Å². The molecule has 0 bridgehead atoms. The quantitative estimate of drug-likeness (QED) is 0.642. The number of halogens is 2. The van der Waals surface area contributed by atoms with Crippen LogP contribution in [0.15, 0.2) is 24.4 Å². The summed E-state index contributed by atoms with van der Waals surface area (Å²) in [5.41, 5.74) is 8.48. The van der Waals surface area contributed by atoms with Gasteiger partial charge in [0.25, 0.3) is 0 Å². The zero-order chi connectivity index (χ0) is 16.1. The third-order valence-electron chi connectivity index (χ3n) is 3.59. The second kappa shape index (κ2) is 7.72. The Morgan fingerprint density at radius 1 is 1.32 bits per heavy atom. The van der Waals surface area contributed by atoms with Gasteiger partial charge in [-0.3, -0.25) is 4.79 Å². The number of alkyl halides is 2. The number of hydrogen-bond donors (Lipinski definition) is 3. The number of hydrogen-bond acceptors (Lipinski definition) is 3. The van der Waals surface area contributed by atoms with Gasteiger partial charge in [-0.2, -0.15) is 0 Å². The van der Waals surface area contributed by atoms with Gasteiger partial charge in [0.2, 0.25) is 0 Å². The van der Waals surface area contributed by atoms with Crippen molar-refractivity contribution >= 4 is 45.8 Å². The molecule has 1 heterocycles. The van der Waals surface area contributed by atoms with Crippen molar-refractivity contribution in [2.45, 2.75) is 12.5 Å². The molecule has 1 aromatic heterocycles. The van der Waals surface area contributed by atoms with Crippen LogP contribution >= 0.6 is 23.2 Å². The summed E-state index contributed by atoms with van der Waals surface area (Å²) in [6.45, 7) is 1.38. The van der Waals surface area contributed by atoms with E-state index in [1.807, 2.05) is 24.4 Å². The molecule has 5 nitrogen and oxygen atoms in total. The Bertz CT molecular complexity index is 639. The van der Waals surface area contributed by atoms with E-state index in [0.29, 0.717) is 24.8 Å². The van der Waals surface area contributed by atoms with Crippen LogP contribution in [0.2, 0.25) is 0 Å². The predicted octanol–water partition coefficient (Wildman–Crippen LogP) is 2.41. The van der Waals surface area contributed by atoms with E-state index in [1.165, 1.54) is 0 Å². The first kappa shape index (κ1) is 16.9. The molecule has 0 aliphatic rings. The van der Waals surface area contributed by atoms with E-state index < -0.39 is 12.0 Å². The number of fused-ring (bicyclic) bond motifs is 1. The molecular formula is C15H19Cl2N3O2. The van der Waals surface area contributed by atoms with Gasteiger partial charge in [-0.1, -0.05) is 12.1 Å². The smallest absolute Gasteiger partial charge is 0.320 e. The second-order valence-corrected chi connectivity index (χ2v) is 5.78. The van der Waals surface area contributed by atoms with E-state index >= 15 is 0 Å². The van der Waals surface area contributed by atoms with Gasteiger partial charge in [-0.15, -0.1) is 23.2 Å². The molecule has 1 atom stereocenters. The Kier molecular flexibility index (Phi) is 5.94. The van der Waals surface area contributed by atoms with Crippen molar-refractivity contribution in [3.05, 3.63) is 30.0 Å². The minimum atomic E-state index is -1.00. The van der Waals surface area contributed by atoms with Crippen LogP contribution in [0, 0.1) is 0 Å². The summed E-state index contributed by atoms with van der Waals surface area (Å²) < 4.78 is 0. The monoisotopic (exact) mass is 343 g/mol. The summed E-state index contributed by atoms with van der Waals surface area (Å²) in [4.78, 5) is 16.3. The minimum absolute atomic E-state index is 0.282. The van der Waals surface area contributed by atoms with Crippen molar-refractivity contribution in [3.8, 4) is 0 Å². The lowest BCUT2D eigenvalue weighted by Crippen LogP contribution is -2.32. The first-order valence-electron chi connectivity index (χ1n) is 7.02. The van der Waals surface area contributed by atoms with Crippen molar-refractivity contribution in [3.63, 3.8) is 0 Å². The van der Waals surface area contributed by atoms with Gasteiger partial charge in [0.05, 0.1) is 11.2 Å². The molecule has 0 saturated carbocycles. The van der Waals surface area contributed by atoms with Crippen LogP contribution < -0.4 is 10.6 Å². The maximum atomic E-state index is 10.9. The molecule has 1 aromatic carbocycles. The number of carbonyl (C=O) groups is 1. The highest BCUT2D eigenvalue weighted by atomic mass is 35.5. The normalized spacial score (nSPS) is 12.5. The first-order chi connectivity index (χ1) is 10.6. The van der Waals surface area contributed by atoms with Crippen LogP contribution in [0.25, 0.3) is 10.9 Å². The first-order valence-corrected chi connectivity index (χ1v) is 8.09. The molecule has 2 aromatic rings. The van der Waals surface area contributed by atoms with E-state index in [0.717, 1.165) is 22.2 Å². The second-order valence-electron chi connectivity index (χ2n) is 5.03. The zero-order valence-corrected chi connectivity index (χ0v) is 13.6. The molecular weight excluding hydrogens is 325 g/mol. The number of para-hydroxylation sites is 1. The summed E-state index contributed by atoms with van der Waals surface area (Å²) in [5.74, 6) is 0.00606. The summed E-state index contributed by atoms with van der Waals surface area (Å²) in [6.07, 6.45) is 2.10. The largest absolute Gasteiger partial charge is 0.480 e. The fraction of sp³-hybridized carbons (Fsp3) is 0.400.